The molecule has 1 aromatic heterocycles. The Morgan fingerprint density at radius 2 is 1.38 bits per heavy atom. The lowest BCUT2D eigenvalue weighted by molar-refractivity contribution is 1.36. The maximum absolute atomic E-state index is 6.19. The molecule has 24 heavy (non-hydrogen) atoms. The molecule has 0 unspecified atom stereocenters. The Morgan fingerprint density at radius 1 is 0.750 bits per heavy atom. The van der Waals surface area contributed by atoms with Crippen molar-refractivity contribution in [2.24, 2.45) is 0 Å². The monoisotopic (exact) mass is 329 g/mol. The summed E-state index contributed by atoms with van der Waals surface area (Å²) in [4.78, 5) is 4.96. The number of rotatable bonds is 2. The lowest BCUT2D eigenvalue weighted by atomic mass is 9.92. The van der Waals surface area contributed by atoms with Gasteiger partial charge in [-0.1, -0.05) is 78.3 Å². The van der Waals surface area contributed by atoms with Gasteiger partial charge in [0.25, 0.3) is 0 Å². The predicted octanol–water partition coefficient (Wildman–Crippen LogP) is 6.53. The fourth-order valence-corrected chi connectivity index (χ4v) is 3.33. The van der Waals surface area contributed by atoms with Crippen LogP contribution in [0.25, 0.3) is 33.3 Å². The van der Waals surface area contributed by atoms with E-state index in [1.54, 1.807) is 0 Å². The van der Waals surface area contributed by atoms with E-state index < -0.39 is 0 Å². The zero-order chi connectivity index (χ0) is 16.5. The number of aryl methyl sites for hydroxylation is 1. The third kappa shape index (κ3) is 2.57. The number of pyridine rings is 1. The van der Waals surface area contributed by atoms with Crippen molar-refractivity contribution in [2.45, 2.75) is 6.92 Å². The summed E-state index contributed by atoms with van der Waals surface area (Å²) in [6.07, 6.45) is 0. The molecule has 0 aliphatic rings. The molecule has 2 heteroatoms. The molecule has 4 aromatic rings. The standard InChI is InChI=1S/C22H16ClN/c1-15-19-13-12-18(23)14-20(19)24-22(17-10-6-3-7-11-17)21(15)16-8-4-2-5-9-16/h2-14H,1H3. The highest BCUT2D eigenvalue weighted by Gasteiger charge is 2.15. The fraction of sp³-hybridized carbons (Fsp3) is 0.0455. The molecule has 0 saturated heterocycles. The largest absolute Gasteiger partial charge is 0.247 e. The molecule has 0 bridgehead atoms. The van der Waals surface area contributed by atoms with Gasteiger partial charge in [0, 0.05) is 21.5 Å². The van der Waals surface area contributed by atoms with Crippen molar-refractivity contribution in [1.29, 1.82) is 0 Å². The van der Waals surface area contributed by atoms with E-state index in [0.717, 1.165) is 22.2 Å². The number of aromatic nitrogens is 1. The minimum absolute atomic E-state index is 0.709. The lowest BCUT2D eigenvalue weighted by Crippen LogP contribution is -1.95. The van der Waals surface area contributed by atoms with Crippen LogP contribution in [0.4, 0.5) is 0 Å². The van der Waals surface area contributed by atoms with Gasteiger partial charge in [-0.2, -0.15) is 0 Å². The summed E-state index contributed by atoms with van der Waals surface area (Å²) in [5.74, 6) is 0. The molecule has 0 radical (unpaired) electrons. The molecular weight excluding hydrogens is 314 g/mol. The quantitative estimate of drug-likeness (QED) is 0.407. The van der Waals surface area contributed by atoms with Crippen LogP contribution in [0, 0.1) is 6.92 Å². The molecule has 1 heterocycles. The summed E-state index contributed by atoms with van der Waals surface area (Å²) in [7, 11) is 0. The van der Waals surface area contributed by atoms with Crippen LogP contribution in [-0.2, 0) is 0 Å². The normalized spacial score (nSPS) is 10.9. The van der Waals surface area contributed by atoms with Crippen LogP contribution in [0.15, 0.2) is 78.9 Å². The Bertz CT molecular complexity index is 1010. The zero-order valence-electron chi connectivity index (χ0n) is 13.3. The van der Waals surface area contributed by atoms with Crippen molar-refractivity contribution < 1.29 is 0 Å². The summed E-state index contributed by atoms with van der Waals surface area (Å²) >= 11 is 6.19. The third-order valence-corrected chi connectivity index (χ3v) is 4.55. The van der Waals surface area contributed by atoms with Crippen molar-refractivity contribution in [3.63, 3.8) is 0 Å². The number of hydrogen-bond acceptors (Lipinski definition) is 1. The minimum Gasteiger partial charge on any atom is -0.247 e. The first-order chi connectivity index (χ1) is 11.7. The fourth-order valence-electron chi connectivity index (χ4n) is 3.17. The highest BCUT2D eigenvalue weighted by molar-refractivity contribution is 6.31. The number of benzene rings is 3. The molecule has 0 spiro atoms. The van der Waals surface area contributed by atoms with Gasteiger partial charge in [0.2, 0.25) is 0 Å². The molecule has 0 fully saturated rings. The lowest BCUT2D eigenvalue weighted by Gasteiger charge is -2.15. The van der Waals surface area contributed by atoms with Crippen LogP contribution in [0.3, 0.4) is 0 Å². The predicted molar refractivity (Wildman–Crippen MR) is 102 cm³/mol. The molecule has 1 nitrogen and oxygen atoms in total. The second kappa shape index (κ2) is 6.10. The Morgan fingerprint density at radius 3 is 2.04 bits per heavy atom. The highest BCUT2D eigenvalue weighted by Crippen LogP contribution is 2.37. The first-order valence-corrected chi connectivity index (χ1v) is 8.32. The van der Waals surface area contributed by atoms with Crippen molar-refractivity contribution in [2.75, 3.05) is 0 Å². The molecule has 0 N–H and O–H groups in total. The zero-order valence-corrected chi connectivity index (χ0v) is 14.1. The van der Waals surface area contributed by atoms with Crippen molar-refractivity contribution in [1.82, 2.24) is 4.98 Å². The molecule has 4 rings (SSSR count). The number of hydrogen-bond donors (Lipinski definition) is 0. The Kier molecular flexibility index (Phi) is 3.79. The SMILES string of the molecule is Cc1c(-c2ccccc2)c(-c2ccccc2)nc2cc(Cl)ccc12. The molecule has 0 atom stereocenters. The summed E-state index contributed by atoms with van der Waals surface area (Å²) in [5, 5.41) is 1.85. The van der Waals surface area contributed by atoms with E-state index in [0.29, 0.717) is 5.02 Å². The van der Waals surface area contributed by atoms with E-state index in [9.17, 15) is 0 Å². The molecule has 0 amide bonds. The topological polar surface area (TPSA) is 12.9 Å². The van der Waals surface area contributed by atoms with Gasteiger partial charge in [-0.3, -0.25) is 0 Å². The molecule has 3 aromatic carbocycles. The molecule has 0 aliphatic carbocycles. The second-order valence-corrected chi connectivity index (χ2v) is 6.29. The van der Waals surface area contributed by atoms with Crippen LogP contribution in [0.5, 0.6) is 0 Å². The summed E-state index contributed by atoms with van der Waals surface area (Å²) in [6.45, 7) is 2.16. The maximum Gasteiger partial charge on any atom is 0.0790 e. The first kappa shape index (κ1) is 14.9. The van der Waals surface area contributed by atoms with E-state index in [1.807, 2.05) is 36.4 Å². The second-order valence-electron chi connectivity index (χ2n) is 5.85. The Hall–Kier alpha value is -2.64. The smallest absolute Gasteiger partial charge is 0.0790 e. The van der Waals surface area contributed by atoms with E-state index in [-0.39, 0.29) is 0 Å². The summed E-state index contributed by atoms with van der Waals surface area (Å²) < 4.78 is 0. The van der Waals surface area contributed by atoms with Crippen molar-refractivity contribution in [3.8, 4) is 22.4 Å². The molecule has 116 valence electrons. The van der Waals surface area contributed by atoms with Crippen molar-refractivity contribution >= 4 is 22.5 Å². The average molecular weight is 330 g/mol. The van der Waals surface area contributed by atoms with Gasteiger partial charge in [-0.05, 0) is 30.2 Å². The van der Waals surface area contributed by atoms with Gasteiger partial charge >= 0.3 is 0 Å². The Labute approximate surface area is 146 Å². The van der Waals surface area contributed by atoms with Crippen LogP contribution >= 0.6 is 11.6 Å². The van der Waals surface area contributed by atoms with Gasteiger partial charge < -0.3 is 0 Å². The molecular formula is C22H16ClN. The van der Waals surface area contributed by atoms with Crippen LogP contribution < -0.4 is 0 Å². The molecule has 0 saturated carbocycles. The first-order valence-electron chi connectivity index (χ1n) is 7.95. The van der Waals surface area contributed by atoms with E-state index >= 15 is 0 Å². The minimum atomic E-state index is 0.709. The van der Waals surface area contributed by atoms with Gasteiger partial charge in [0.1, 0.15) is 0 Å². The van der Waals surface area contributed by atoms with Crippen molar-refractivity contribution in [3.05, 3.63) is 89.4 Å². The Balaban J connectivity index is 2.11. The van der Waals surface area contributed by atoms with Crippen LogP contribution in [0.2, 0.25) is 5.02 Å². The van der Waals surface area contributed by atoms with Gasteiger partial charge in [0.05, 0.1) is 11.2 Å². The van der Waals surface area contributed by atoms with E-state index in [2.05, 4.69) is 49.4 Å². The summed E-state index contributed by atoms with van der Waals surface area (Å²) in [6, 6.07) is 26.7. The van der Waals surface area contributed by atoms with E-state index in [1.165, 1.54) is 16.7 Å². The van der Waals surface area contributed by atoms with Crippen LogP contribution in [0.1, 0.15) is 5.56 Å². The number of halogens is 1. The number of nitrogens with zero attached hydrogens (tertiary/aromatic N) is 1. The van der Waals surface area contributed by atoms with Gasteiger partial charge in [-0.25, -0.2) is 4.98 Å². The third-order valence-electron chi connectivity index (χ3n) is 4.32. The average Bonchev–Trinajstić information content (AvgIpc) is 2.63. The number of fused-ring (bicyclic) bond motifs is 1. The van der Waals surface area contributed by atoms with E-state index in [4.69, 9.17) is 16.6 Å². The van der Waals surface area contributed by atoms with Gasteiger partial charge in [-0.15, -0.1) is 0 Å². The molecule has 0 aliphatic heterocycles. The van der Waals surface area contributed by atoms with Crippen LogP contribution in [-0.4, -0.2) is 4.98 Å². The summed E-state index contributed by atoms with van der Waals surface area (Å²) in [5.41, 5.74) is 6.62. The highest BCUT2D eigenvalue weighted by atomic mass is 35.5. The maximum atomic E-state index is 6.19. The van der Waals surface area contributed by atoms with Gasteiger partial charge in [0.15, 0.2) is 0 Å².